The topological polar surface area (TPSA) is 89.6 Å². The molecule has 1 aromatic heterocycles. The van der Waals surface area contributed by atoms with Crippen LogP contribution in [-0.4, -0.2) is 41.2 Å². The number of nitrogens with two attached hydrogens (primary N) is 1. The Kier molecular flexibility index (Phi) is 5.95. The van der Waals surface area contributed by atoms with Crippen LogP contribution in [0.2, 0.25) is 5.02 Å². The van der Waals surface area contributed by atoms with E-state index >= 15 is 0 Å². The molecule has 3 atom stereocenters. The minimum Gasteiger partial charge on any atom is -0.379 e. The summed E-state index contributed by atoms with van der Waals surface area (Å²) in [6.07, 6.45) is 1.24. The molecule has 158 valence electrons. The van der Waals surface area contributed by atoms with Crippen LogP contribution in [-0.2, 0) is 10.3 Å². The normalized spacial score (nSPS) is 25.9. The summed E-state index contributed by atoms with van der Waals surface area (Å²) in [5.74, 6) is -0.520. The number of nitrogens with one attached hydrogen (secondary N) is 1. The Bertz CT molecular complexity index is 991. The zero-order chi connectivity index (χ0) is 21.3. The van der Waals surface area contributed by atoms with Crippen molar-refractivity contribution in [3.8, 4) is 0 Å². The number of fused-ring (bicyclic) bond motifs is 1. The zero-order valence-electron chi connectivity index (χ0n) is 15.8. The smallest absolute Gasteiger partial charge is 0.274 e. The molecule has 2 aromatic rings. The van der Waals surface area contributed by atoms with E-state index in [1.54, 1.807) is 6.07 Å². The summed E-state index contributed by atoms with van der Waals surface area (Å²) in [7, 11) is 0. The maximum atomic E-state index is 14.9. The number of anilines is 1. The van der Waals surface area contributed by atoms with E-state index in [4.69, 9.17) is 22.1 Å². The number of nitrogens with zero attached hydrogens (tertiary/aromatic N) is 2. The van der Waals surface area contributed by atoms with Gasteiger partial charge in [0, 0.05) is 29.1 Å². The molecule has 0 unspecified atom stereocenters. The van der Waals surface area contributed by atoms with Gasteiger partial charge in [0.1, 0.15) is 23.7 Å². The van der Waals surface area contributed by atoms with Crippen LogP contribution in [0.3, 0.4) is 0 Å². The third kappa shape index (κ3) is 4.01. The van der Waals surface area contributed by atoms with E-state index in [2.05, 4.69) is 15.3 Å². The summed E-state index contributed by atoms with van der Waals surface area (Å²) < 4.78 is 33.8. The molecule has 1 saturated heterocycles. The molecule has 1 fully saturated rings. The lowest BCUT2D eigenvalue weighted by Gasteiger charge is -2.46. The van der Waals surface area contributed by atoms with E-state index in [1.807, 2.05) is 0 Å². The fraction of sp³-hybridized carbons (Fsp3) is 0.350. The predicted octanol–water partition coefficient (Wildman–Crippen LogP) is 3.76. The number of carbonyl (C=O) groups is 1. The lowest BCUT2D eigenvalue weighted by molar-refractivity contribution is -0.0652. The summed E-state index contributed by atoms with van der Waals surface area (Å²) in [6, 6.07) is 7.30. The Labute approximate surface area is 181 Å². The number of rotatable bonds is 4. The van der Waals surface area contributed by atoms with Crippen molar-refractivity contribution >= 4 is 40.1 Å². The predicted molar refractivity (Wildman–Crippen MR) is 113 cm³/mol. The first kappa shape index (κ1) is 21.0. The first-order valence-electron chi connectivity index (χ1n) is 9.30. The molecule has 30 heavy (non-hydrogen) atoms. The second-order valence-corrected chi connectivity index (χ2v) is 8.69. The number of amides is 1. The number of hydrogen-bond donors (Lipinski definition) is 2. The van der Waals surface area contributed by atoms with E-state index in [9.17, 15) is 13.6 Å². The quantitative estimate of drug-likeness (QED) is 0.737. The highest BCUT2D eigenvalue weighted by Gasteiger charge is 2.49. The minimum absolute atomic E-state index is 0.0145. The molecule has 4 rings (SSSR count). The Morgan fingerprint density at radius 1 is 1.40 bits per heavy atom. The third-order valence-electron chi connectivity index (χ3n) is 5.33. The second kappa shape index (κ2) is 8.49. The van der Waals surface area contributed by atoms with Crippen molar-refractivity contribution in [2.24, 2.45) is 16.6 Å². The van der Waals surface area contributed by atoms with Crippen molar-refractivity contribution in [2.45, 2.75) is 18.1 Å². The fourth-order valence-corrected chi connectivity index (χ4v) is 4.92. The first-order valence-corrected chi connectivity index (χ1v) is 10.7. The van der Waals surface area contributed by atoms with Crippen LogP contribution in [0.4, 0.5) is 14.5 Å². The number of benzene rings is 1. The number of aliphatic imine (C=N–C) groups is 1. The molecule has 1 amide bonds. The Morgan fingerprint density at radius 3 is 2.97 bits per heavy atom. The van der Waals surface area contributed by atoms with Gasteiger partial charge in [0.05, 0.1) is 17.7 Å². The van der Waals surface area contributed by atoms with Crippen LogP contribution < -0.4 is 11.1 Å². The summed E-state index contributed by atoms with van der Waals surface area (Å²) >= 11 is 7.17. The van der Waals surface area contributed by atoms with Crippen LogP contribution >= 0.6 is 23.4 Å². The van der Waals surface area contributed by atoms with Gasteiger partial charge in [0.2, 0.25) is 0 Å². The largest absolute Gasteiger partial charge is 0.379 e. The third-order valence-corrected chi connectivity index (χ3v) is 6.51. The molecule has 3 heterocycles. The Morgan fingerprint density at radius 2 is 2.23 bits per heavy atom. The minimum atomic E-state index is -1.07. The number of pyridine rings is 1. The van der Waals surface area contributed by atoms with Crippen LogP contribution in [0, 0.1) is 11.7 Å². The van der Waals surface area contributed by atoms with Gasteiger partial charge < -0.3 is 15.8 Å². The van der Waals surface area contributed by atoms with Crippen molar-refractivity contribution in [2.75, 3.05) is 24.4 Å². The molecular weight excluding hydrogens is 434 g/mol. The molecule has 0 bridgehead atoms. The Balaban J connectivity index is 1.67. The number of hydrogen-bond acceptors (Lipinski definition) is 6. The van der Waals surface area contributed by atoms with Crippen molar-refractivity contribution in [3.63, 3.8) is 0 Å². The maximum absolute atomic E-state index is 14.9. The SMILES string of the molecule is NC1=N[C@@]2(c3cc(NC(=O)c4ccc(Cl)cn4)ccc3F)CO[C@@H](CF)C[C@H]2CS1. The van der Waals surface area contributed by atoms with E-state index < -0.39 is 30.0 Å². The Hall–Kier alpha value is -2.23. The van der Waals surface area contributed by atoms with Gasteiger partial charge in [0.25, 0.3) is 5.91 Å². The average molecular weight is 453 g/mol. The van der Waals surface area contributed by atoms with Crippen molar-refractivity contribution in [3.05, 3.63) is 58.6 Å². The van der Waals surface area contributed by atoms with Crippen LogP contribution in [0.25, 0.3) is 0 Å². The van der Waals surface area contributed by atoms with Gasteiger partial charge in [-0.2, -0.15) is 0 Å². The summed E-state index contributed by atoms with van der Waals surface area (Å²) in [4.78, 5) is 21.0. The van der Waals surface area contributed by atoms with Gasteiger partial charge in [0.15, 0.2) is 5.17 Å². The monoisotopic (exact) mass is 452 g/mol. The molecule has 2 aliphatic heterocycles. The average Bonchev–Trinajstić information content (AvgIpc) is 2.75. The number of thioether (sulfide) groups is 1. The lowest BCUT2D eigenvalue weighted by atomic mass is 9.75. The number of amidine groups is 1. The highest BCUT2D eigenvalue weighted by Crippen LogP contribution is 2.47. The summed E-state index contributed by atoms with van der Waals surface area (Å²) in [5.41, 5.74) is 5.70. The van der Waals surface area contributed by atoms with Crippen molar-refractivity contribution in [1.82, 2.24) is 4.98 Å². The summed E-state index contributed by atoms with van der Waals surface area (Å²) in [6.45, 7) is -0.594. The molecule has 2 aliphatic rings. The number of ether oxygens (including phenoxy) is 1. The highest BCUT2D eigenvalue weighted by atomic mass is 35.5. The fourth-order valence-electron chi connectivity index (χ4n) is 3.79. The molecule has 0 saturated carbocycles. The van der Waals surface area contributed by atoms with Gasteiger partial charge in [-0.3, -0.25) is 4.79 Å². The van der Waals surface area contributed by atoms with Gasteiger partial charge in [-0.25, -0.2) is 18.8 Å². The van der Waals surface area contributed by atoms with E-state index in [0.29, 0.717) is 28.1 Å². The first-order chi connectivity index (χ1) is 14.4. The maximum Gasteiger partial charge on any atom is 0.274 e. The van der Waals surface area contributed by atoms with Crippen molar-refractivity contribution < 1.29 is 18.3 Å². The molecule has 0 aliphatic carbocycles. The molecule has 3 N–H and O–H groups in total. The number of halogens is 3. The molecular formula is C20H19ClF2N4O2S. The number of alkyl halides is 1. The van der Waals surface area contributed by atoms with Gasteiger partial charge >= 0.3 is 0 Å². The van der Waals surface area contributed by atoms with E-state index in [0.717, 1.165) is 0 Å². The van der Waals surface area contributed by atoms with Crippen LogP contribution in [0.1, 0.15) is 22.5 Å². The molecule has 1 aromatic carbocycles. The van der Waals surface area contributed by atoms with Gasteiger partial charge in [-0.15, -0.1) is 0 Å². The lowest BCUT2D eigenvalue weighted by Crippen LogP contribution is -2.50. The van der Waals surface area contributed by atoms with Gasteiger partial charge in [-0.05, 0) is 36.8 Å². The summed E-state index contributed by atoms with van der Waals surface area (Å²) in [5, 5.41) is 3.45. The molecule has 0 radical (unpaired) electrons. The highest BCUT2D eigenvalue weighted by molar-refractivity contribution is 8.13. The number of aromatic nitrogens is 1. The molecule has 10 heteroatoms. The van der Waals surface area contributed by atoms with Crippen LogP contribution in [0.5, 0.6) is 0 Å². The molecule has 0 spiro atoms. The van der Waals surface area contributed by atoms with Gasteiger partial charge in [-0.1, -0.05) is 23.4 Å². The van der Waals surface area contributed by atoms with E-state index in [-0.39, 0.29) is 23.8 Å². The molecule has 6 nitrogen and oxygen atoms in total. The van der Waals surface area contributed by atoms with E-state index in [1.165, 1.54) is 42.2 Å². The second-order valence-electron chi connectivity index (χ2n) is 7.22. The van der Waals surface area contributed by atoms with Crippen LogP contribution in [0.15, 0.2) is 41.5 Å². The van der Waals surface area contributed by atoms with Crippen molar-refractivity contribution in [1.29, 1.82) is 0 Å². The zero-order valence-corrected chi connectivity index (χ0v) is 17.4. The standard InChI is InChI=1S/C20H19ClF2N4O2S/c21-12-1-4-17(25-8-12)18(28)26-13-2-3-16(23)15(6-13)20-10-29-14(7-22)5-11(20)9-30-19(24)27-20/h1-4,6,8,11,14H,5,7,9-10H2,(H2,24,27)(H,26,28)/t11-,14+,20-/m0/s1. The number of carbonyl (C=O) groups excluding carboxylic acids is 1.